The molecule has 0 bridgehead atoms. The van der Waals surface area contributed by atoms with Crippen LogP contribution in [0.5, 0.6) is 0 Å². The van der Waals surface area contributed by atoms with Crippen molar-refractivity contribution in [2.75, 3.05) is 26.2 Å². The topological polar surface area (TPSA) is 136 Å². The van der Waals surface area contributed by atoms with E-state index in [0.29, 0.717) is 32.6 Å². The van der Waals surface area contributed by atoms with Gasteiger partial charge in [-0.15, -0.1) is 12.4 Å². The normalized spacial score (nSPS) is 17.3. The number of halogens is 1. The van der Waals surface area contributed by atoms with Crippen LogP contribution in [0.15, 0.2) is 12.4 Å². The van der Waals surface area contributed by atoms with E-state index in [1.54, 1.807) is 18.7 Å². The second-order valence-corrected chi connectivity index (χ2v) is 6.63. The average molecular weight is 389 g/mol. The molecule has 3 N–H and O–H groups in total. The van der Waals surface area contributed by atoms with Crippen LogP contribution in [0.25, 0.3) is 0 Å². The molecule has 2 heterocycles. The van der Waals surface area contributed by atoms with Crippen molar-refractivity contribution in [3.05, 3.63) is 22.5 Å². The van der Waals surface area contributed by atoms with Crippen molar-refractivity contribution in [1.29, 1.82) is 0 Å². The van der Waals surface area contributed by atoms with Crippen LogP contribution in [-0.2, 0) is 15.1 Å². The van der Waals surface area contributed by atoms with Gasteiger partial charge < -0.3 is 16.0 Å². The Balaban J connectivity index is 0.00000338. The quantitative estimate of drug-likeness (QED) is 0.529. The first-order valence-electron chi connectivity index (χ1n) is 8.24. The molecule has 0 aromatic carbocycles. The minimum atomic E-state index is -1.08. The first-order valence-corrected chi connectivity index (χ1v) is 8.24. The minimum Gasteiger partial charge on any atom is -0.355 e. The molecule has 1 aliphatic rings. The molecule has 0 saturated carbocycles. The SMILES string of the molecule is CC(C)(C(=O)N1CCCC(C(=O)NCCN)C1)n1cc([N+](=O)[O-])cn1.Cl. The summed E-state index contributed by atoms with van der Waals surface area (Å²) in [6.07, 6.45) is 3.80. The van der Waals surface area contributed by atoms with E-state index in [9.17, 15) is 19.7 Å². The zero-order chi connectivity index (χ0) is 18.6. The highest BCUT2D eigenvalue weighted by Gasteiger charge is 2.38. The second kappa shape index (κ2) is 8.95. The molecule has 1 fully saturated rings. The number of carbonyl (C=O) groups is 2. The number of rotatable bonds is 6. The van der Waals surface area contributed by atoms with Gasteiger partial charge in [0.05, 0.1) is 10.8 Å². The van der Waals surface area contributed by atoms with Crippen LogP contribution in [0.4, 0.5) is 5.69 Å². The molecular weight excluding hydrogens is 364 g/mol. The van der Waals surface area contributed by atoms with Gasteiger partial charge in [0.1, 0.15) is 17.9 Å². The van der Waals surface area contributed by atoms with E-state index >= 15 is 0 Å². The third-order valence-corrected chi connectivity index (χ3v) is 4.40. The molecular formula is C15H25ClN6O4. The molecule has 2 amide bonds. The van der Waals surface area contributed by atoms with Crippen molar-refractivity contribution < 1.29 is 14.5 Å². The van der Waals surface area contributed by atoms with Gasteiger partial charge in [-0.3, -0.25) is 24.4 Å². The largest absolute Gasteiger partial charge is 0.355 e. The van der Waals surface area contributed by atoms with Crippen molar-refractivity contribution in [2.45, 2.75) is 32.2 Å². The second-order valence-electron chi connectivity index (χ2n) is 6.63. The van der Waals surface area contributed by atoms with E-state index in [0.717, 1.165) is 12.6 Å². The van der Waals surface area contributed by atoms with Crippen LogP contribution >= 0.6 is 12.4 Å². The summed E-state index contributed by atoms with van der Waals surface area (Å²) in [7, 11) is 0. The molecule has 0 radical (unpaired) electrons. The van der Waals surface area contributed by atoms with E-state index in [1.165, 1.54) is 10.9 Å². The van der Waals surface area contributed by atoms with Gasteiger partial charge in [0.25, 0.3) is 0 Å². The fourth-order valence-corrected chi connectivity index (χ4v) is 2.91. The van der Waals surface area contributed by atoms with E-state index in [2.05, 4.69) is 10.4 Å². The van der Waals surface area contributed by atoms with Crippen molar-refractivity contribution in [1.82, 2.24) is 20.0 Å². The lowest BCUT2D eigenvalue weighted by Crippen LogP contribution is -2.52. The summed E-state index contributed by atoms with van der Waals surface area (Å²) >= 11 is 0. The Labute approximate surface area is 157 Å². The zero-order valence-electron chi connectivity index (χ0n) is 14.9. The molecule has 26 heavy (non-hydrogen) atoms. The molecule has 146 valence electrons. The maximum atomic E-state index is 12.9. The Hall–Kier alpha value is -2.20. The predicted molar refractivity (Wildman–Crippen MR) is 96.8 cm³/mol. The lowest BCUT2D eigenvalue weighted by molar-refractivity contribution is -0.385. The summed E-state index contributed by atoms with van der Waals surface area (Å²) in [6, 6.07) is 0. The summed E-state index contributed by atoms with van der Waals surface area (Å²) in [6.45, 7) is 4.96. The van der Waals surface area contributed by atoms with Crippen molar-refractivity contribution in [3.8, 4) is 0 Å². The standard InChI is InChI=1S/C15H24N6O4.ClH/c1-15(2,20-10-12(8-18-20)21(24)25)14(23)19-7-3-4-11(9-19)13(22)17-6-5-16;/h8,10-11H,3-7,9,16H2,1-2H3,(H,17,22);1H. The number of carbonyl (C=O) groups excluding carboxylic acids is 2. The van der Waals surface area contributed by atoms with Crippen LogP contribution in [0.2, 0.25) is 0 Å². The van der Waals surface area contributed by atoms with Gasteiger partial charge in [0.15, 0.2) is 0 Å². The minimum absolute atomic E-state index is 0. The molecule has 1 aromatic rings. The summed E-state index contributed by atoms with van der Waals surface area (Å²) in [5.74, 6) is -0.593. The maximum Gasteiger partial charge on any atom is 0.307 e. The van der Waals surface area contributed by atoms with E-state index in [-0.39, 0.29) is 35.8 Å². The summed E-state index contributed by atoms with van der Waals surface area (Å²) in [5.41, 5.74) is 4.14. The highest BCUT2D eigenvalue weighted by atomic mass is 35.5. The Morgan fingerprint density at radius 1 is 1.50 bits per heavy atom. The van der Waals surface area contributed by atoms with Gasteiger partial charge in [-0.1, -0.05) is 0 Å². The number of nitrogens with two attached hydrogens (primary N) is 1. The highest BCUT2D eigenvalue weighted by molar-refractivity contribution is 5.86. The van der Waals surface area contributed by atoms with Gasteiger partial charge in [0.2, 0.25) is 11.8 Å². The molecule has 0 spiro atoms. The van der Waals surface area contributed by atoms with E-state index < -0.39 is 10.5 Å². The zero-order valence-corrected chi connectivity index (χ0v) is 15.7. The number of amides is 2. The Morgan fingerprint density at radius 2 is 2.19 bits per heavy atom. The number of hydrogen-bond donors (Lipinski definition) is 2. The van der Waals surface area contributed by atoms with Gasteiger partial charge in [-0.2, -0.15) is 5.10 Å². The van der Waals surface area contributed by atoms with Gasteiger partial charge in [-0.25, -0.2) is 0 Å². The number of piperidine rings is 1. The Morgan fingerprint density at radius 3 is 2.77 bits per heavy atom. The maximum absolute atomic E-state index is 12.9. The Bertz CT molecular complexity index is 662. The van der Waals surface area contributed by atoms with Gasteiger partial charge in [-0.05, 0) is 26.7 Å². The van der Waals surface area contributed by atoms with Crippen molar-refractivity contribution >= 4 is 29.9 Å². The van der Waals surface area contributed by atoms with E-state index in [1.807, 2.05) is 0 Å². The molecule has 1 aliphatic heterocycles. The number of aromatic nitrogens is 2. The fourth-order valence-electron chi connectivity index (χ4n) is 2.91. The van der Waals surface area contributed by atoms with Crippen LogP contribution in [0, 0.1) is 16.0 Å². The lowest BCUT2D eigenvalue weighted by Gasteiger charge is -2.37. The van der Waals surface area contributed by atoms with Crippen molar-refractivity contribution in [2.24, 2.45) is 11.7 Å². The summed E-state index contributed by atoms with van der Waals surface area (Å²) in [5, 5.41) is 17.5. The molecule has 1 aromatic heterocycles. The molecule has 10 nitrogen and oxygen atoms in total. The summed E-state index contributed by atoms with van der Waals surface area (Å²) in [4.78, 5) is 36.9. The molecule has 2 rings (SSSR count). The summed E-state index contributed by atoms with van der Waals surface area (Å²) < 4.78 is 1.30. The molecule has 1 saturated heterocycles. The first-order chi connectivity index (χ1) is 11.8. The number of nitrogens with zero attached hydrogens (tertiary/aromatic N) is 4. The number of hydrogen-bond acceptors (Lipinski definition) is 6. The fraction of sp³-hybridized carbons (Fsp3) is 0.667. The third-order valence-electron chi connectivity index (χ3n) is 4.40. The van der Waals surface area contributed by atoms with Crippen LogP contribution < -0.4 is 11.1 Å². The van der Waals surface area contributed by atoms with Gasteiger partial charge >= 0.3 is 5.69 Å². The smallest absolute Gasteiger partial charge is 0.307 e. The molecule has 1 atom stereocenters. The average Bonchev–Trinajstić information content (AvgIpc) is 3.10. The van der Waals surface area contributed by atoms with E-state index in [4.69, 9.17) is 5.73 Å². The first kappa shape index (κ1) is 21.8. The highest BCUT2D eigenvalue weighted by Crippen LogP contribution is 2.25. The third kappa shape index (κ3) is 4.70. The lowest BCUT2D eigenvalue weighted by atomic mass is 9.94. The van der Waals surface area contributed by atoms with Crippen LogP contribution in [0.3, 0.4) is 0 Å². The number of likely N-dealkylation sites (tertiary alicyclic amines) is 1. The molecule has 1 unspecified atom stereocenters. The Kier molecular flexibility index (Phi) is 7.52. The molecule has 0 aliphatic carbocycles. The van der Waals surface area contributed by atoms with Crippen LogP contribution in [0.1, 0.15) is 26.7 Å². The monoisotopic (exact) mass is 388 g/mol. The number of nitro groups is 1. The predicted octanol–water partition coefficient (Wildman–Crippen LogP) is 0.262. The molecule has 11 heteroatoms. The van der Waals surface area contributed by atoms with Gasteiger partial charge in [0, 0.05) is 26.2 Å². The van der Waals surface area contributed by atoms with Crippen molar-refractivity contribution in [3.63, 3.8) is 0 Å². The van der Waals surface area contributed by atoms with Crippen LogP contribution in [-0.4, -0.2) is 57.6 Å². The number of nitrogens with one attached hydrogen (secondary N) is 1.